The summed E-state index contributed by atoms with van der Waals surface area (Å²) in [5.41, 5.74) is 1.35. The van der Waals surface area contributed by atoms with E-state index >= 15 is 0 Å². The van der Waals surface area contributed by atoms with Gasteiger partial charge in [0.25, 0.3) is 5.91 Å². The summed E-state index contributed by atoms with van der Waals surface area (Å²) in [6.07, 6.45) is 4.61. The molecule has 2 heterocycles. The normalized spacial score (nSPS) is 12.0. The fourth-order valence-electron chi connectivity index (χ4n) is 2.59. The molecule has 2 aromatic heterocycles. The Hall–Kier alpha value is -3.09. The van der Waals surface area contributed by atoms with E-state index in [0.717, 1.165) is 17.7 Å². The van der Waals surface area contributed by atoms with Crippen LogP contribution < -0.4 is 10.1 Å². The first-order valence-corrected chi connectivity index (χ1v) is 8.63. The van der Waals surface area contributed by atoms with Crippen LogP contribution in [0.25, 0.3) is 5.82 Å². The van der Waals surface area contributed by atoms with E-state index in [4.69, 9.17) is 4.74 Å². The van der Waals surface area contributed by atoms with Crippen molar-refractivity contribution in [3.05, 3.63) is 60.0 Å². The molecule has 26 heavy (non-hydrogen) atoms. The zero-order valence-electron chi connectivity index (χ0n) is 15.2. The molecule has 0 fully saturated rings. The second-order valence-corrected chi connectivity index (χ2v) is 6.14. The van der Waals surface area contributed by atoms with E-state index in [2.05, 4.69) is 15.6 Å². The Morgan fingerprint density at radius 1 is 1.23 bits per heavy atom. The van der Waals surface area contributed by atoms with Crippen molar-refractivity contribution in [3.8, 4) is 11.6 Å². The number of carbonyl (C=O) groups excluding carboxylic acids is 1. The molecule has 3 aromatic rings. The lowest BCUT2D eigenvalue weighted by Gasteiger charge is -2.12. The molecule has 0 radical (unpaired) electrons. The van der Waals surface area contributed by atoms with Crippen LogP contribution in [0, 0.1) is 0 Å². The highest BCUT2D eigenvalue weighted by Crippen LogP contribution is 2.17. The summed E-state index contributed by atoms with van der Waals surface area (Å²) >= 11 is 0. The summed E-state index contributed by atoms with van der Waals surface area (Å²) in [5.74, 6) is 1.22. The standard InChI is InChI=1S/C19H23N5O2/c1-4-14(2)20-18(25)17-19(23-11-5-6-12-23)24(22-21-17)13-15-7-9-16(26-3)10-8-15/h5-12,14H,4,13H2,1-3H3,(H,20,25). The van der Waals surface area contributed by atoms with E-state index in [0.29, 0.717) is 18.1 Å². The van der Waals surface area contributed by atoms with Crippen LogP contribution in [0.15, 0.2) is 48.8 Å². The monoisotopic (exact) mass is 353 g/mol. The van der Waals surface area contributed by atoms with Gasteiger partial charge in [0.15, 0.2) is 11.5 Å². The molecule has 0 spiro atoms. The molecule has 1 N–H and O–H groups in total. The van der Waals surface area contributed by atoms with Gasteiger partial charge in [-0.05, 0) is 43.2 Å². The van der Waals surface area contributed by atoms with Gasteiger partial charge in [-0.15, -0.1) is 5.10 Å². The van der Waals surface area contributed by atoms with Gasteiger partial charge in [0.05, 0.1) is 13.7 Å². The Labute approximate surface area is 152 Å². The fraction of sp³-hybridized carbons (Fsp3) is 0.316. The van der Waals surface area contributed by atoms with Crippen molar-refractivity contribution in [2.75, 3.05) is 7.11 Å². The third-order valence-electron chi connectivity index (χ3n) is 4.25. The number of nitrogens with one attached hydrogen (secondary N) is 1. The van der Waals surface area contributed by atoms with E-state index in [-0.39, 0.29) is 11.9 Å². The molecule has 136 valence electrons. The Bertz CT molecular complexity index is 853. The number of nitrogens with zero attached hydrogens (tertiary/aromatic N) is 4. The third-order valence-corrected chi connectivity index (χ3v) is 4.25. The van der Waals surface area contributed by atoms with Gasteiger partial charge in [-0.2, -0.15) is 0 Å². The van der Waals surface area contributed by atoms with E-state index in [9.17, 15) is 4.79 Å². The molecule has 0 aliphatic heterocycles. The molecule has 0 bridgehead atoms. The minimum atomic E-state index is -0.218. The van der Waals surface area contributed by atoms with Gasteiger partial charge in [-0.1, -0.05) is 24.3 Å². The van der Waals surface area contributed by atoms with E-state index in [1.807, 2.05) is 67.2 Å². The van der Waals surface area contributed by atoms with Crippen molar-refractivity contribution < 1.29 is 9.53 Å². The predicted molar refractivity (Wildman–Crippen MR) is 98.7 cm³/mol. The zero-order valence-corrected chi connectivity index (χ0v) is 15.2. The van der Waals surface area contributed by atoms with Crippen LogP contribution in [0.2, 0.25) is 0 Å². The SMILES string of the molecule is CCC(C)NC(=O)c1nnn(Cc2ccc(OC)cc2)c1-n1cccc1. The van der Waals surface area contributed by atoms with Crippen molar-refractivity contribution in [1.82, 2.24) is 24.9 Å². The van der Waals surface area contributed by atoms with Crippen LogP contribution >= 0.6 is 0 Å². The van der Waals surface area contributed by atoms with Gasteiger partial charge < -0.3 is 14.6 Å². The minimum absolute atomic E-state index is 0.0757. The summed E-state index contributed by atoms with van der Waals surface area (Å²) in [5, 5.41) is 11.3. The molecule has 0 aliphatic carbocycles. The van der Waals surface area contributed by atoms with Crippen LogP contribution in [-0.4, -0.2) is 38.6 Å². The van der Waals surface area contributed by atoms with Gasteiger partial charge in [0.1, 0.15) is 5.75 Å². The first kappa shape index (κ1) is 17.7. The van der Waals surface area contributed by atoms with Crippen molar-refractivity contribution in [2.45, 2.75) is 32.9 Å². The maximum atomic E-state index is 12.6. The smallest absolute Gasteiger partial charge is 0.275 e. The summed E-state index contributed by atoms with van der Waals surface area (Å²) in [6.45, 7) is 4.49. The highest BCUT2D eigenvalue weighted by Gasteiger charge is 2.22. The van der Waals surface area contributed by atoms with Gasteiger partial charge in [0.2, 0.25) is 0 Å². The highest BCUT2D eigenvalue weighted by atomic mass is 16.5. The first-order valence-electron chi connectivity index (χ1n) is 8.63. The number of carbonyl (C=O) groups is 1. The Morgan fingerprint density at radius 3 is 2.54 bits per heavy atom. The maximum Gasteiger partial charge on any atom is 0.275 e. The quantitative estimate of drug-likeness (QED) is 0.709. The minimum Gasteiger partial charge on any atom is -0.497 e. The molecule has 1 aromatic carbocycles. The van der Waals surface area contributed by atoms with Gasteiger partial charge in [0, 0.05) is 18.4 Å². The summed E-state index contributed by atoms with van der Waals surface area (Å²) < 4.78 is 8.78. The number of aromatic nitrogens is 4. The zero-order chi connectivity index (χ0) is 18.5. The van der Waals surface area contributed by atoms with Crippen LogP contribution in [0.4, 0.5) is 0 Å². The lowest BCUT2D eigenvalue weighted by molar-refractivity contribution is 0.0934. The number of rotatable bonds is 7. The number of methoxy groups -OCH3 is 1. The fourth-order valence-corrected chi connectivity index (χ4v) is 2.59. The lowest BCUT2D eigenvalue weighted by atomic mass is 10.2. The average Bonchev–Trinajstić information content (AvgIpc) is 3.31. The summed E-state index contributed by atoms with van der Waals surface area (Å²) in [7, 11) is 1.64. The molecule has 1 atom stereocenters. The van der Waals surface area contributed by atoms with Crippen molar-refractivity contribution in [2.24, 2.45) is 0 Å². The number of benzene rings is 1. The Morgan fingerprint density at radius 2 is 1.92 bits per heavy atom. The van der Waals surface area contributed by atoms with Crippen molar-refractivity contribution >= 4 is 5.91 Å². The first-order chi connectivity index (χ1) is 12.6. The molecule has 0 saturated carbocycles. The molecule has 7 nitrogen and oxygen atoms in total. The van der Waals surface area contributed by atoms with Gasteiger partial charge in [-0.3, -0.25) is 4.79 Å². The number of amides is 1. The second-order valence-electron chi connectivity index (χ2n) is 6.14. The maximum absolute atomic E-state index is 12.6. The number of hydrogen-bond donors (Lipinski definition) is 1. The molecule has 0 saturated heterocycles. The summed E-state index contributed by atoms with van der Waals surface area (Å²) in [6, 6.07) is 11.6. The van der Waals surface area contributed by atoms with E-state index in [1.165, 1.54) is 0 Å². The molecule has 0 aliphatic rings. The van der Waals surface area contributed by atoms with Crippen LogP contribution in [0.5, 0.6) is 5.75 Å². The molecule has 1 unspecified atom stereocenters. The topological polar surface area (TPSA) is 74.0 Å². The molecular formula is C19H23N5O2. The third kappa shape index (κ3) is 3.77. The predicted octanol–water partition coefficient (Wildman–Crippen LogP) is 2.65. The summed E-state index contributed by atoms with van der Waals surface area (Å²) in [4.78, 5) is 12.6. The van der Waals surface area contributed by atoms with Gasteiger partial charge >= 0.3 is 0 Å². The molecular weight excluding hydrogens is 330 g/mol. The molecule has 1 amide bonds. The van der Waals surface area contributed by atoms with E-state index in [1.54, 1.807) is 11.8 Å². The number of hydrogen-bond acceptors (Lipinski definition) is 4. The van der Waals surface area contributed by atoms with Crippen LogP contribution in [0.1, 0.15) is 36.3 Å². The molecule has 3 rings (SSSR count). The van der Waals surface area contributed by atoms with Crippen LogP contribution in [-0.2, 0) is 6.54 Å². The second kappa shape index (κ2) is 7.86. The average molecular weight is 353 g/mol. The lowest BCUT2D eigenvalue weighted by Crippen LogP contribution is -2.33. The molecule has 7 heteroatoms. The van der Waals surface area contributed by atoms with Crippen molar-refractivity contribution in [3.63, 3.8) is 0 Å². The Balaban J connectivity index is 1.93. The highest BCUT2D eigenvalue weighted by molar-refractivity contribution is 5.95. The van der Waals surface area contributed by atoms with E-state index < -0.39 is 0 Å². The van der Waals surface area contributed by atoms with Gasteiger partial charge in [-0.25, -0.2) is 4.68 Å². The Kier molecular flexibility index (Phi) is 5.36. The number of ether oxygens (including phenoxy) is 1. The largest absolute Gasteiger partial charge is 0.497 e. The van der Waals surface area contributed by atoms with Crippen molar-refractivity contribution in [1.29, 1.82) is 0 Å². The van der Waals surface area contributed by atoms with Crippen LogP contribution in [0.3, 0.4) is 0 Å².